The molecule has 0 radical (unpaired) electrons. The second-order valence-corrected chi connectivity index (χ2v) is 5.55. The van der Waals surface area contributed by atoms with Crippen molar-refractivity contribution in [2.75, 3.05) is 6.54 Å². The number of benzene rings is 1. The van der Waals surface area contributed by atoms with Gasteiger partial charge in [-0.1, -0.05) is 37.8 Å². The minimum Gasteiger partial charge on any atom is -0.378 e. The molecule has 1 amide bonds. The van der Waals surface area contributed by atoms with Crippen LogP contribution in [0, 0.1) is 11.8 Å². The summed E-state index contributed by atoms with van der Waals surface area (Å²) in [6.07, 6.45) is -2.85. The van der Waals surface area contributed by atoms with Crippen molar-refractivity contribution in [3.63, 3.8) is 0 Å². The van der Waals surface area contributed by atoms with Crippen molar-refractivity contribution in [1.82, 2.24) is 5.32 Å². The third-order valence-electron chi connectivity index (χ3n) is 3.72. The number of carbonyl (C=O) groups is 1. The number of amides is 1. The second kappa shape index (κ2) is 8.74. The van der Waals surface area contributed by atoms with Crippen molar-refractivity contribution >= 4 is 5.91 Å². The van der Waals surface area contributed by atoms with Gasteiger partial charge in [-0.3, -0.25) is 4.79 Å². The van der Waals surface area contributed by atoms with Gasteiger partial charge in [0.25, 0.3) is 0 Å². The summed E-state index contributed by atoms with van der Waals surface area (Å²) in [5.41, 5.74) is 0.657. The minimum atomic E-state index is -4.84. The molecule has 1 aromatic rings. The van der Waals surface area contributed by atoms with Crippen LogP contribution in [0.15, 0.2) is 24.3 Å². The molecule has 1 aromatic carbocycles. The van der Waals surface area contributed by atoms with Crippen LogP contribution in [0.5, 0.6) is 0 Å². The zero-order chi connectivity index (χ0) is 18.2. The number of rotatable bonds is 6. The Morgan fingerprint density at radius 2 is 1.92 bits per heavy atom. The maximum absolute atomic E-state index is 12.0. The summed E-state index contributed by atoms with van der Waals surface area (Å²) in [5, 5.41) is 12.0. The quantitative estimate of drug-likeness (QED) is 0.617. The molecule has 1 rings (SSSR count). The van der Waals surface area contributed by atoms with Crippen LogP contribution < -0.4 is 5.32 Å². The van der Waals surface area contributed by atoms with E-state index in [2.05, 4.69) is 11.8 Å². The third-order valence-corrected chi connectivity index (χ3v) is 3.72. The maximum atomic E-state index is 12.0. The predicted molar refractivity (Wildman–Crippen MR) is 86.2 cm³/mol. The van der Waals surface area contributed by atoms with Gasteiger partial charge in [-0.15, -0.1) is 0 Å². The summed E-state index contributed by atoms with van der Waals surface area (Å²) in [4.78, 5) is 10.7. The summed E-state index contributed by atoms with van der Waals surface area (Å²) >= 11 is 0. The molecule has 24 heavy (non-hydrogen) atoms. The molecule has 0 spiro atoms. The first kappa shape index (κ1) is 20.0. The second-order valence-electron chi connectivity index (χ2n) is 5.55. The highest BCUT2D eigenvalue weighted by Crippen LogP contribution is 2.15. The molecule has 0 atom stereocenters. The van der Waals surface area contributed by atoms with Gasteiger partial charge in [0.2, 0.25) is 0 Å². The van der Waals surface area contributed by atoms with Crippen LogP contribution in [0.1, 0.15) is 44.2 Å². The average molecular weight is 341 g/mol. The molecule has 6 heteroatoms. The number of hydrogen-bond donors (Lipinski definition) is 2. The highest BCUT2D eigenvalue weighted by atomic mass is 19.4. The Hall–Kier alpha value is -2.00. The highest BCUT2D eigenvalue weighted by molar-refractivity contribution is 5.81. The molecule has 0 saturated heterocycles. The van der Waals surface area contributed by atoms with Crippen LogP contribution in [-0.2, 0) is 11.2 Å². The molecule has 0 aliphatic rings. The molecule has 3 nitrogen and oxygen atoms in total. The van der Waals surface area contributed by atoms with Crippen molar-refractivity contribution in [3.05, 3.63) is 35.4 Å². The predicted octanol–water partition coefficient (Wildman–Crippen LogP) is 3.20. The van der Waals surface area contributed by atoms with Crippen LogP contribution in [0.4, 0.5) is 13.2 Å². The maximum Gasteiger partial charge on any atom is 0.471 e. The van der Waals surface area contributed by atoms with Crippen LogP contribution in [-0.4, -0.2) is 29.3 Å². The Labute approximate surface area is 140 Å². The first-order valence-corrected chi connectivity index (χ1v) is 7.89. The van der Waals surface area contributed by atoms with Gasteiger partial charge in [0.15, 0.2) is 0 Å². The first-order valence-electron chi connectivity index (χ1n) is 7.89. The van der Waals surface area contributed by atoms with Gasteiger partial charge in [-0.2, -0.15) is 13.2 Å². The molecule has 0 aromatic heterocycles. The van der Waals surface area contributed by atoms with E-state index < -0.39 is 17.7 Å². The number of aliphatic hydroxyl groups is 1. The topological polar surface area (TPSA) is 49.3 Å². The van der Waals surface area contributed by atoms with Crippen molar-refractivity contribution < 1.29 is 23.1 Å². The fraction of sp³-hybridized carbons (Fsp3) is 0.500. The number of alkyl halides is 3. The standard InChI is InChI=1S/C18H22F3NO2/c1-3-17(24,4-2)11-10-15-8-5-7-14(13-15)9-6-12-22-16(23)18(19,20)21/h5,7-8,13,24H,3-4,6,9,12H2,1-2H3,(H,22,23). The summed E-state index contributed by atoms with van der Waals surface area (Å²) in [7, 11) is 0. The van der Waals surface area contributed by atoms with Crippen LogP contribution in [0.25, 0.3) is 0 Å². The van der Waals surface area contributed by atoms with Crippen molar-refractivity contribution in [2.24, 2.45) is 0 Å². The van der Waals surface area contributed by atoms with Gasteiger partial charge < -0.3 is 10.4 Å². The largest absolute Gasteiger partial charge is 0.471 e. The molecule has 0 aliphatic carbocycles. The van der Waals surface area contributed by atoms with Crippen molar-refractivity contribution in [1.29, 1.82) is 0 Å². The SMILES string of the molecule is CCC(O)(C#Cc1cccc(CCCNC(=O)C(F)(F)F)c1)CC. The Morgan fingerprint density at radius 3 is 2.50 bits per heavy atom. The van der Waals surface area contributed by atoms with E-state index in [-0.39, 0.29) is 6.54 Å². The van der Waals surface area contributed by atoms with Gasteiger partial charge in [0.05, 0.1) is 0 Å². The molecular weight excluding hydrogens is 319 g/mol. The van der Waals surface area contributed by atoms with Crippen LogP contribution in [0.3, 0.4) is 0 Å². The average Bonchev–Trinajstić information content (AvgIpc) is 2.56. The monoisotopic (exact) mass is 341 g/mol. The Kier molecular flexibility index (Phi) is 7.30. The smallest absolute Gasteiger partial charge is 0.378 e. The van der Waals surface area contributed by atoms with Crippen LogP contribution in [0.2, 0.25) is 0 Å². The van der Waals surface area contributed by atoms with E-state index in [1.54, 1.807) is 0 Å². The molecular formula is C18H22F3NO2. The first-order chi connectivity index (χ1) is 11.2. The fourth-order valence-electron chi connectivity index (χ4n) is 2.01. The molecule has 0 aliphatic heterocycles. The molecule has 0 saturated carbocycles. The lowest BCUT2D eigenvalue weighted by atomic mass is 9.97. The fourth-order valence-corrected chi connectivity index (χ4v) is 2.01. The van der Waals surface area contributed by atoms with Gasteiger partial charge in [-0.05, 0) is 43.4 Å². The summed E-state index contributed by atoms with van der Waals surface area (Å²) in [5.74, 6) is 3.88. The van der Waals surface area contributed by atoms with Crippen molar-refractivity contribution in [2.45, 2.75) is 51.3 Å². The summed E-state index contributed by atoms with van der Waals surface area (Å²) in [6.45, 7) is 3.69. The molecule has 2 N–H and O–H groups in total. The van der Waals surface area contributed by atoms with Gasteiger partial charge in [0, 0.05) is 12.1 Å². The molecule has 0 heterocycles. The molecule has 0 bridgehead atoms. The molecule has 132 valence electrons. The van der Waals surface area contributed by atoms with E-state index in [0.717, 1.165) is 11.1 Å². The summed E-state index contributed by atoms with van der Waals surface area (Å²) < 4.78 is 36.1. The molecule has 0 fully saturated rings. The van der Waals surface area contributed by atoms with E-state index in [9.17, 15) is 23.1 Å². The van der Waals surface area contributed by atoms with E-state index in [1.165, 1.54) is 0 Å². The normalized spacial score (nSPS) is 11.6. The zero-order valence-electron chi connectivity index (χ0n) is 13.8. The number of halogens is 3. The van der Waals surface area contributed by atoms with E-state index >= 15 is 0 Å². The van der Waals surface area contributed by atoms with Gasteiger partial charge >= 0.3 is 12.1 Å². The highest BCUT2D eigenvalue weighted by Gasteiger charge is 2.38. The van der Waals surface area contributed by atoms with E-state index in [1.807, 2.05) is 43.4 Å². The van der Waals surface area contributed by atoms with Crippen molar-refractivity contribution in [3.8, 4) is 11.8 Å². The summed E-state index contributed by atoms with van der Waals surface area (Å²) in [6, 6.07) is 7.31. The van der Waals surface area contributed by atoms with Crippen LogP contribution >= 0.6 is 0 Å². The van der Waals surface area contributed by atoms with Gasteiger partial charge in [0.1, 0.15) is 5.60 Å². The Balaban J connectivity index is 2.58. The van der Waals surface area contributed by atoms with E-state index in [0.29, 0.717) is 25.7 Å². The Bertz CT molecular complexity index is 611. The number of hydrogen-bond acceptors (Lipinski definition) is 2. The third kappa shape index (κ3) is 6.63. The lowest BCUT2D eigenvalue weighted by Crippen LogP contribution is -2.37. The Morgan fingerprint density at radius 1 is 1.25 bits per heavy atom. The van der Waals surface area contributed by atoms with Gasteiger partial charge in [-0.25, -0.2) is 0 Å². The van der Waals surface area contributed by atoms with E-state index in [4.69, 9.17) is 0 Å². The number of nitrogens with one attached hydrogen (secondary N) is 1. The zero-order valence-corrected chi connectivity index (χ0v) is 13.8. The number of aryl methyl sites for hydroxylation is 1. The molecule has 0 unspecified atom stereocenters. The number of carbonyl (C=O) groups excluding carboxylic acids is 1. The minimum absolute atomic E-state index is 0.0420. The lowest BCUT2D eigenvalue weighted by molar-refractivity contribution is -0.173. The lowest BCUT2D eigenvalue weighted by Gasteiger charge is -2.17.